The summed E-state index contributed by atoms with van der Waals surface area (Å²) in [6.45, 7) is 4.60. The summed E-state index contributed by atoms with van der Waals surface area (Å²) in [7, 11) is 0. The predicted octanol–water partition coefficient (Wildman–Crippen LogP) is 0.554. The molecule has 8 nitrogen and oxygen atoms in total. The van der Waals surface area contributed by atoms with Gasteiger partial charge in [0.25, 0.3) is 0 Å². The number of hydrogen-bond acceptors (Lipinski definition) is 8. The van der Waals surface area contributed by atoms with Gasteiger partial charge < -0.3 is 19.8 Å². The first-order valence-electron chi connectivity index (χ1n) is 8.81. The van der Waals surface area contributed by atoms with Crippen molar-refractivity contribution in [2.45, 2.75) is 18.9 Å². The van der Waals surface area contributed by atoms with Gasteiger partial charge in [0.2, 0.25) is 5.95 Å². The van der Waals surface area contributed by atoms with Gasteiger partial charge in [-0.25, -0.2) is 19.9 Å². The molecule has 0 bridgehead atoms. The number of aliphatic hydroxyl groups is 1. The number of aliphatic hydroxyl groups excluding tert-OH is 1. The van der Waals surface area contributed by atoms with Crippen molar-refractivity contribution in [3.05, 3.63) is 30.9 Å². The molecule has 2 fully saturated rings. The summed E-state index contributed by atoms with van der Waals surface area (Å²) < 4.78 is 0. The van der Waals surface area contributed by atoms with Gasteiger partial charge in [-0.2, -0.15) is 0 Å². The number of nitrogens with zero attached hydrogens (tertiary/aromatic N) is 7. The van der Waals surface area contributed by atoms with Gasteiger partial charge in [-0.15, -0.1) is 0 Å². The van der Waals surface area contributed by atoms with Crippen LogP contribution >= 0.6 is 0 Å². The lowest BCUT2D eigenvalue weighted by Gasteiger charge is -2.35. The predicted molar refractivity (Wildman–Crippen MR) is 95.9 cm³/mol. The van der Waals surface area contributed by atoms with Crippen LogP contribution in [-0.2, 0) is 0 Å². The van der Waals surface area contributed by atoms with Crippen LogP contribution in [0.2, 0.25) is 0 Å². The highest BCUT2D eigenvalue weighted by atomic mass is 16.3. The molecule has 2 aliphatic rings. The summed E-state index contributed by atoms with van der Waals surface area (Å²) in [5.74, 6) is 2.64. The molecule has 0 amide bonds. The Morgan fingerprint density at radius 2 is 1.64 bits per heavy atom. The minimum Gasteiger partial charge on any atom is -0.394 e. The van der Waals surface area contributed by atoms with E-state index in [0.29, 0.717) is 0 Å². The zero-order chi connectivity index (χ0) is 17.1. The maximum absolute atomic E-state index is 9.54. The second-order valence-electron chi connectivity index (χ2n) is 6.43. The van der Waals surface area contributed by atoms with E-state index in [-0.39, 0.29) is 12.6 Å². The van der Waals surface area contributed by atoms with Gasteiger partial charge in [0.15, 0.2) is 0 Å². The van der Waals surface area contributed by atoms with Crippen molar-refractivity contribution in [2.75, 3.05) is 54.0 Å². The summed E-state index contributed by atoms with van der Waals surface area (Å²) in [6, 6.07) is 4.05. The number of anilines is 3. The maximum atomic E-state index is 9.54. The molecule has 8 heteroatoms. The maximum Gasteiger partial charge on any atom is 0.225 e. The van der Waals surface area contributed by atoms with Crippen molar-refractivity contribution in [1.29, 1.82) is 0 Å². The van der Waals surface area contributed by atoms with Crippen molar-refractivity contribution in [2.24, 2.45) is 0 Å². The first kappa shape index (κ1) is 16.0. The van der Waals surface area contributed by atoms with E-state index in [2.05, 4.69) is 34.6 Å². The molecule has 1 N–H and O–H groups in total. The molecule has 2 saturated heterocycles. The fraction of sp³-hybridized carbons (Fsp3) is 0.529. The van der Waals surface area contributed by atoms with Crippen LogP contribution in [-0.4, -0.2) is 70.4 Å². The van der Waals surface area contributed by atoms with Gasteiger partial charge in [0.05, 0.1) is 12.6 Å². The van der Waals surface area contributed by atoms with Crippen molar-refractivity contribution in [3.63, 3.8) is 0 Å². The van der Waals surface area contributed by atoms with Crippen LogP contribution in [0.15, 0.2) is 30.9 Å². The minimum absolute atomic E-state index is 0.176. The third-order valence-electron chi connectivity index (χ3n) is 4.96. The normalized spacial score (nSPS) is 21.0. The van der Waals surface area contributed by atoms with Gasteiger partial charge >= 0.3 is 0 Å². The minimum atomic E-state index is 0.176. The molecule has 2 aliphatic heterocycles. The van der Waals surface area contributed by atoms with E-state index in [4.69, 9.17) is 0 Å². The van der Waals surface area contributed by atoms with Crippen LogP contribution in [0.25, 0.3) is 0 Å². The van der Waals surface area contributed by atoms with Crippen molar-refractivity contribution < 1.29 is 5.11 Å². The molecular formula is C17H23N7O. The number of rotatable bonds is 4. The molecular weight excluding hydrogens is 318 g/mol. The molecule has 132 valence electrons. The Kier molecular flexibility index (Phi) is 4.60. The highest BCUT2D eigenvalue weighted by Crippen LogP contribution is 2.26. The molecule has 0 aromatic carbocycles. The van der Waals surface area contributed by atoms with Crippen molar-refractivity contribution in [1.82, 2.24) is 19.9 Å². The SMILES string of the molecule is OCC1CCCN1c1cc(N2CCN(c3ncccn3)CC2)ncn1. The number of aromatic nitrogens is 4. The average molecular weight is 341 g/mol. The van der Waals surface area contributed by atoms with Gasteiger partial charge in [-0.1, -0.05) is 0 Å². The Hall–Kier alpha value is -2.48. The van der Waals surface area contributed by atoms with E-state index in [9.17, 15) is 5.11 Å². The summed E-state index contributed by atoms with van der Waals surface area (Å²) >= 11 is 0. The van der Waals surface area contributed by atoms with E-state index in [1.165, 1.54) is 0 Å². The van der Waals surface area contributed by atoms with Crippen LogP contribution < -0.4 is 14.7 Å². The molecule has 1 atom stereocenters. The lowest BCUT2D eigenvalue weighted by Crippen LogP contribution is -2.47. The molecule has 0 spiro atoms. The molecule has 0 saturated carbocycles. The quantitative estimate of drug-likeness (QED) is 0.864. The monoisotopic (exact) mass is 341 g/mol. The number of hydrogen-bond donors (Lipinski definition) is 1. The zero-order valence-electron chi connectivity index (χ0n) is 14.2. The lowest BCUT2D eigenvalue weighted by molar-refractivity contribution is 0.266. The summed E-state index contributed by atoms with van der Waals surface area (Å²) in [5, 5.41) is 9.54. The van der Waals surface area contributed by atoms with Crippen LogP contribution in [0, 0.1) is 0 Å². The lowest BCUT2D eigenvalue weighted by atomic mass is 10.2. The van der Waals surface area contributed by atoms with E-state index in [1.807, 2.05) is 12.1 Å². The Morgan fingerprint density at radius 3 is 2.40 bits per heavy atom. The summed E-state index contributed by atoms with van der Waals surface area (Å²) in [6.07, 6.45) is 7.30. The standard InChI is InChI=1S/C17H23N7O/c25-12-14-3-1-6-24(14)16-11-15(20-13-21-16)22-7-9-23(10-8-22)17-18-4-2-5-19-17/h2,4-5,11,13-14,25H,1,3,6-10,12H2. The van der Waals surface area contributed by atoms with Crippen LogP contribution in [0.4, 0.5) is 17.6 Å². The second-order valence-corrected chi connectivity index (χ2v) is 6.43. The summed E-state index contributed by atoms with van der Waals surface area (Å²) in [4.78, 5) is 24.2. The molecule has 4 heterocycles. The molecule has 0 aliphatic carbocycles. The molecule has 4 rings (SSSR count). The van der Waals surface area contributed by atoms with E-state index in [1.54, 1.807) is 18.7 Å². The van der Waals surface area contributed by atoms with E-state index in [0.717, 1.165) is 63.1 Å². The third kappa shape index (κ3) is 3.34. The van der Waals surface area contributed by atoms with Crippen molar-refractivity contribution >= 4 is 17.6 Å². The van der Waals surface area contributed by atoms with Crippen LogP contribution in [0.1, 0.15) is 12.8 Å². The van der Waals surface area contributed by atoms with Crippen LogP contribution in [0.5, 0.6) is 0 Å². The second kappa shape index (κ2) is 7.18. The topological polar surface area (TPSA) is 81.5 Å². The van der Waals surface area contributed by atoms with E-state index >= 15 is 0 Å². The fourth-order valence-corrected chi connectivity index (χ4v) is 3.58. The van der Waals surface area contributed by atoms with Gasteiger partial charge in [0.1, 0.15) is 18.0 Å². The molecule has 2 aromatic rings. The molecule has 0 radical (unpaired) electrons. The Bertz CT molecular complexity index is 690. The van der Waals surface area contributed by atoms with Gasteiger partial charge in [-0.3, -0.25) is 0 Å². The molecule has 1 unspecified atom stereocenters. The molecule has 2 aromatic heterocycles. The Labute approximate surface area is 147 Å². The first-order valence-corrected chi connectivity index (χ1v) is 8.81. The smallest absolute Gasteiger partial charge is 0.225 e. The largest absolute Gasteiger partial charge is 0.394 e. The Morgan fingerprint density at radius 1 is 0.920 bits per heavy atom. The first-order chi connectivity index (χ1) is 12.3. The van der Waals surface area contributed by atoms with E-state index < -0.39 is 0 Å². The molecule has 25 heavy (non-hydrogen) atoms. The Balaban J connectivity index is 1.44. The number of piperazine rings is 1. The summed E-state index contributed by atoms with van der Waals surface area (Å²) in [5.41, 5.74) is 0. The highest BCUT2D eigenvalue weighted by molar-refractivity contribution is 5.52. The van der Waals surface area contributed by atoms with Crippen LogP contribution in [0.3, 0.4) is 0 Å². The average Bonchev–Trinajstić information content (AvgIpc) is 3.18. The fourth-order valence-electron chi connectivity index (χ4n) is 3.58. The van der Waals surface area contributed by atoms with Gasteiger partial charge in [-0.05, 0) is 18.9 Å². The third-order valence-corrected chi connectivity index (χ3v) is 4.96. The highest BCUT2D eigenvalue weighted by Gasteiger charge is 2.26. The van der Waals surface area contributed by atoms with Gasteiger partial charge in [0, 0.05) is 51.2 Å². The zero-order valence-corrected chi connectivity index (χ0v) is 14.2. The van der Waals surface area contributed by atoms with Crippen molar-refractivity contribution in [3.8, 4) is 0 Å².